The first-order valence-electron chi connectivity index (χ1n) is 7.14. The summed E-state index contributed by atoms with van der Waals surface area (Å²) in [4.78, 5) is 11.7. The maximum Gasteiger partial charge on any atom is 0.239 e. The van der Waals surface area contributed by atoms with Crippen molar-refractivity contribution in [1.82, 2.24) is 4.72 Å². The number of carbonyl (C=O) groups excluding carboxylic acids is 1. The highest BCUT2D eigenvalue weighted by Crippen LogP contribution is 2.08. The summed E-state index contributed by atoms with van der Waals surface area (Å²) in [6, 6.07) is 12.5. The number of aryl methyl sites for hydroxylation is 1. The predicted octanol–water partition coefficient (Wildman–Crippen LogP) is 2.66. The highest BCUT2D eigenvalue weighted by atomic mass is 32.2. The fraction of sp³-hybridized carbons (Fsp3) is 0.118. The summed E-state index contributed by atoms with van der Waals surface area (Å²) >= 11 is 0. The maximum absolute atomic E-state index is 12.8. The van der Waals surface area contributed by atoms with Gasteiger partial charge in [0.15, 0.2) is 0 Å². The highest BCUT2D eigenvalue weighted by Gasteiger charge is 2.09. The number of nitrogens with one attached hydrogen (secondary N) is 2. The minimum atomic E-state index is -3.74. The van der Waals surface area contributed by atoms with Crippen LogP contribution in [0.5, 0.6) is 0 Å². The minimum Gasteiger partial charge on any atom is -0.325 e. The third-order valence-corrected chi connectivity index (χ3v) is 4.12. The number of anilines is 1. The van der Waals surface area contributed by atoms with E-state index in [0.29, 0.717) is 5.69 Å². The van der Waals surface area contributed by atoms with E-state index >= 15 is 0 Å². The molecule has 1 amide bonds. The van der Waals surface area contributed by atoms with Gasteiger partial charge in [0.25, 0.3) is 0 Å². The Kier molecular flexibility index (Phi) is 5.83. The van der Waals surface area contributed by atoms with Gasteiger partial charge in [0.05, 0.1) is 6.54 Å². The van der Waals surface area contributed by atoms with E-state index in [1.54, 1.807) is 12.1 Å². The summed E-state index contributed by atoms with van der Waals surface area (Å²) < 4.78 is 38.6. The molecule has 7 heteroatoms. The topological polar surface area (TPSA) is 75.3 Å². The number of rotatable bonds is 6. The lowest BCUT2D eigenvalue weighted by atomic mass is 10.2. The molecule has 126 valence electrons. The third kappa shape index (κ3) is 5.94. The first-order chi connectivity index (χ1) is 11.3. The summed E-state index contributed by atoms with van der Waals surface area (Å²) in [5.41, 5.74) is 2.20. The molecule has 0 aliphatic heterocycles. The average molecular weight is 348 g/mol. The largest absolute Gasteiger partial charge is 0.325 e. The molecule has 2 N–H and O–H groups in total. The van der Waals surface area contributed by atoms with E-state index in [9.17, 15) is 17.6 Å². The van der Waals surface area contributed by atoms with Gasteiger partial charge in [-0.05, 0) is 42.8 Å². The Balaban J connectivity index is 1.88. The molecule has 0 saturated carbocycles. The summed E-state index contributed by atoms with van der Waals surface area (Å²) in [7, 11) is -3.74. The third-order valence-electron chi connectivity index (χ3n) is 3.08. The van der Waals surface area contributed by atoms with Gasteiger partial charge in [-0.25, -0.2) is 17.5 Å². The Morgan fingerprint density at radius 2 is 1.71 bits per heavy atom. The second kappa shape index (κ2) is 7.85. The molecule has 5 nitrogen and oxygen atoms in total. The van der Waals surface area contributed by atoms with Gasteiger partial charge < -0.3 is 5.32 Å². The highest BCUT2D eigenvalue weighted by molar-refractivity contribution is 7.92. The molecule has 2 aromatic carbocycles. The quantitative estimate of drug-likeness (QED) is 0.843. The predicted molar refractivity (Wildman–Crippen MR) is 92.2 cm³/mol. The van der Waals surface area contributed by atoms with E-state index in [1.165, 1.54) is 30.3 Å². The molecule has 0 heterocycles. The lowest BCUT2D eigenvalue weighted by Gasteiger charge is -2.05. The van der Waals surface area contributed by atoms with E-state index in [0.717, 1.165) is 16.5 Å². The van der Waals surface area contributed by atoms with Crippen LogP contribution in [0, 0.1) is 12.7 Å². The molecule has 0 aliphatic carbocycles. The number of carbonyl (C=O) groups is 1. The smallest absolute Gasteiger partial charge is 0.239 e. The molecular weight excluding hydrogens is 331 g/mol. The number of amides is 1. The van der Waals surface area contributed by atoms with Crippen molar-refractivity contribution < 1.29 is 17.6 Å². The van der Waals surface area contributed by atoms with Gasteiger partial charge in [0.1, 0.15) is 5.82 Å². The molecule has 0 radical (unpaired) electrons. The summed E-state index contributed by atoms with van der Waals surface area (Å²) in [5.74, 6) is -0.969. The zero-order valence-electron chi connectivity index (χ0n) is 13.0. The van der Waals surface area contributed by atoms with Gasteiger partial charge in [0, 0.05) is 11.1 Å². The molecule has 2 rings (SSSR count). The SMILES string of the molecule is Cc1ccc(/C=C/S(=O)(=O)NCC(=O)Nc2ccc(F)cc2)cc1. The molecule has 0 fully saturated rings. The van der Waals surface area contributed by atoms with Crippen LogP contribution in [0.4, 0.5) is 10.1 Å². The van der Waals surface area contributed by atoms with Crippen LogP contribution in [0.3, 0.4) is 0 Å². The standard InChI is InChI=1S/C17H17FN2O3S/c1-13-2-4-14(5-3-13)10-11-24(22,23)19-12-17(21)20-16-8-6-15(18)7-9-16/h2-11,19H,12H2,1H3,(H,20,21)/b11-10+. The van der Waals surface area contributed by atoms with Crippen LogP contribution in [0.1, 0.15) is 11.1 Å². The van der Waals surface area contributed by atoms with Crippen LogP contribution < -0.4 is 10.0 Å². The van der Waals surface area contributed by atoms with Crippen molar-refractivity contribution in [2.75, 3.05) is 11.9 Å². The molecule has 0 atom stereocenters. The van der Waals surface area contributed by atoms with Gasteiger partial charge in [-0.1, -0.05) is 29.8 Å². The summed E-state index contributed by atoms with van der Waals surface area (Å²) in [5, 5.41) is 3.47. The number of hydrogen-bond acceptors (Lipinski definition) is 3. The fourth-order valence-corrected chi connectivity index (χ4v) is 2.56. The molecule has 2 aromatic rings. The lowest BCUT2D eigenvalue weighted by molar-refractivity contribution is -0.115. The van der Waals surface area contributed by atoms with E-state index < -0.39 is 28.3 Å². The van der Waals surface area contributed by atoms with Crippen molar-refractivity contribution in [2.24, 2.45) is 0 Å². The Bertz CT molecular complexity index is 829. The second-order valence-electron chi connectivity index (χ2n) is 5.13. The zero-order chi connectivity index (χ0) is 17.6. The van der Waals surface area contributed by atoms with Gasteiger partial charge in [-0.3, -0.25) is 4.79 Å². The number of halogens is 1. The van der Waals surface area contributed by atoms with Crippen molar-refractivity contribution in [1.29, 1.82) is 0 Å². The number of sulfonamides is 1. The monoisotopic (exact) mass is 348 g/mol. The first kappa shape index (κ1) is 17.8. The Morgan fingerprint density at radius 1 is 1.08 bits per heavy atom. The molecule has 0 unspecified atom stereocenters. The minimum absolute atomic E-state index is 0.385. The molecule has 0 bridgehead atoms. The number of benzene rings is 2. The molecular formula is C17H17FN2O3S. The first-order valence-corrected chi connectivity index (χ1v) is 8.68. The zero-order valence-corrected chi connectivity index (χ0v) is 13.8. The van der Waals surface area contributed by atoms with Gasteiger partial charge in [0.2, 0.25) is 15.9 Å². The van der Waals surface area contributed by atoms with Crippen LogP contribution in [-0.4, -0.2) is 20.9 Å². The molecule has 0 saturated heterocycles. The van der Waals surface area contributed by atoms with E-state index in [1.807, 2.05) is 19.1 Å². The maximum atomic E-state index is 12.8. The van der Waals surface area contributed by atoms with Gasteiger partial charge >= 0.3 is 0 Å². The van der Waals surface area contributed by atoms with Gasteiger partial charge in [-0.15, -0.1) is 0 Å². The van der Waals surface area contributed by atoms with Crippen molar-refractivity contribution in [2.45, 2.75) is 6.92 Å². The van der Waals surface area contributed by atoms with Crippen molar-refractivity contribution in [3.63, 3.8) is 0 Å². The Labute approximate surface area is 140 Å². The van der Waals surface area contributed by atoms with Crippen LogP contribution in [0.15, 0.2) is 53.9 Å². The van der Waals surface area contributed by atoms with E-state index in [2.05, 4.69) is 10.0 Å². The van der Waals surface area contributed by atoms with Gasteiger partial charge in [-0.2, -0.15) is 0 Å². The van der Waals surface area contributed by atoms with Crippen LogP contribution in [0.25, 0.3) is 6.08 Å². The van der Waals surface area contributed by atoms with Crippen molar-refractivity contribution >= 4 is 27.7 Å². The second-order valence-corrected chi connectivity index (χ2v) is 6.79. The van der Waals surface area contributed by atoms with Crippen LogP contribution in [0.2, 0.25) is 0 Å². The number of hydrogen-bond donors (Lipinski definition) is 2. The summed E-state index contributed by atoms with van der Waals surface area (Å²) in [6.07, 6.45) is 1.44. The molecule has 0 spiro atoms. The van der Waals surface area contributed by atoms with Crippen molar-refractivity contribution in [3.8, 4) is 0 Å². The lowest BCUT2D eigenvalue weighted by Crippen LogP contribution is -2.31. The summed E-state index contributed by atoms with van der Waals surface area (Å²) in [6.45, 7) is 1.52. The fourth-order valence-electron chi connectivity index (χ4n) is 1.80. The van der Waals surface area contributed by atoms with Crippen molar-refractivity contribution in [3.05, 3.63) is 70.9 Å². The van der Waals surface area contributed by atoms with Crippen LogP contribution >= 0.6 is 0 Å². The molecule has 0 aliphatic rings. The van der Waals surface area contributed by atoms with E-state index in [4.69, 9.17) is 0 Å². The Hall–Kier alpha value is -2.51. The normalized spacial score (nSPS) is 11.6. The molecule has 0 aromatic heterocycles. The molecule has 24 heavy (non-hydrogen) atoms. The average Bonchev–Trinajstić information content (AvgIpc) is 2.55. The van der Waals surface area contributed by atoms with Crippen LogP contribution in [-0.2, 0) is 14.8 Å². The Morgan fingerprint density at radius 3 is 2.33 bits per heavy atom. The van der Waals surface area contributed by atoms with E-state index in [-0.39, 0.29) is 0 Å².